The Bertz CT molecular complexity index is 767. The normalized spacial score (nSPS) is 23.4. The third-order valence-electron chi connectivity index (χ3n) is 5.94. The second kappa shape index (κ2) is 8.93. The minimum atomic E-state index is 0.00379. The Balaban J connectivity index is 1.22. The number of hydrogen-bond donors (Lipinski definition) is 1. The summed E-state index contributed by atoms with van der Waals surface area (Å²) in [6, 6.07) is 14.1. The molecule has 2 aromatic rings. The van der Waals surface area contributed by atoms with E-state index in [0.717, 1.165) is 57.7 Å². The first-order valence-corrected chi connectivity index (χ1v) is 10.5. The number of aromatic nitrogens is 1. The molecule has 1 aromatic carbocycles. The van der Waals surface area contributed by atoms with E-state index in [4.69, 9.17) is 11.6 Å². The highest BCUT2D eigenvalue weighted by Gasteiger charge is 2.29. The largest absolute Gasteiger partial charge is 0.354 e. The lowest BCUT2D eigenvalue weighted by Crippen LogP contribution is -2.52. The van der Waals surface area contributed by atoms with Crippen molar-refractivity contribution in [2.75, 3.05) is 31.1 Å². The van der Waals surface area contributed by atoms with E-state index in [1.807, 2.05) is 18.3 Å². The van der Waals surface area contributed by atoms with E-state index >= 15 is 0 Å². The molecule has 4 rings (SSSR count). The van der Waals surface area contributed by atoms with Crippen LogP contribution < -0.4 is 10.2 Å². The molecule has 0 atom stereocenters. The number of pyridine rings is 1. The van der Waals surface area contributed by atoms with Crippen LogP contribution in [-0.2, 0) is 0 Å². The molecule has 1 aliphatic carbocycles. The summed E-state index contributed by atoms with van der Waals surface area (Å²) < 4.78 is 0. The average Bonchev–Trinajstić information content (AvgIpc) is 2.75. The van der Waals surface area contributed by atoms with E-state index < -0.39 is 0 Å². The standard InChI is InChI=1S/C22H27ClN4O/c23-18-6-4-17(5-7-18)22(28)25-19-8-10-20(11-9-19)26-13-15-27(16-14-26)21-3-1-2-12-24-21/h1-7,12,19-20H,8-11,13-16H2,(H,25,28)/t19-,20-. The molecule has 0 bridgehead atoms. The second-order valence-corrected chi connectivity index (χ2v) is 8.13. The quantitative estimate of drug-likeness (QED) is 0.854. The number of nitrogens with one attached hydrogen (secondary N) is 1. The number of piperazine rings is 1. The third-order valence-corrected chi connectivity index (χ3v) is 6.19. The maximum Gasteiger partial charge on any atom is 0.251 e. The first-order chi connectivity index (χ1) is 13.7. The molecular formula is C22H27ClN4O. The molecule has 1 saturated heterocycles. The number of hydrogen-bond acceptors (Lipinski definition) is 4. The molecule has 28 heavy (non-hydrogen) atoms. The fourth-order valence-corrected chi connectivity index (χ4v) is 4.44. The van der Waals surface area contributed by atoms with Crippen LogP contribution in [0.4, 0.5) is 5.82 Å². The van der Waals surface area contributed by atoms with Crippen LogP contribution in [0.15, 0.2) is 48.7 Å². The van der Waals surface area contributed by atoms with E-state index in [1.54, 1.807) is 24.3 Å². The summed E-state index contributed by atoms with van der Waals surface area (Å²) in [4.78, 5) is 21.9. The SMILES string of the molecule is O=C(N[C@H]1CC[C@H](N2CCN(c3ccccn3)CC2)CC1)c1ccc(Cl)cc1. The molecule has 2 aliphatic rings. The number of carbonyl (C=O) groups is 1. The van der Waals surface area contributed by atoms with Crippen LogP contribution in [0.25, 0.3) is 0 Å². The van der Waals surface area contributed by atoms with Gasteiger partial charge >= 0.3 is 0 Å². The van der Waals surface area contributed by atoms with Gasteiger partial charge in [0.2, 0.25) is 0 Å². The van der Waals surface area contributed by atoms with E-state index in [2.05, 4.69) is 26.2 Å². The zero-order valence-corrected chi connectivity index (χ0v) is 16.8. The molecule has 2 heterocycles. The zero-order chi connectivity index (χ0) is 19.3. The van der Waals surface area contributed by atoms with Crippen molar-refractivity contribution in [2.45, 2.75) is 37.8 Å². The summed E-state index contributed by atoms with van der Waals surface area (Å²) in [7, 11) is 0. The van der Waals surface area contributed by atoms with E-state index in [1.165, 1.54) is 0 Å². The predicted molar refractivity (Wildman–Crippen MR) is 113 cm³/mol. The van der Waals surface area contributed by atoms with Crippen molar-refractivity contribution in [1.29, 1.82) is 0 Å². The number of nitrogens with zero attached hydrogens (tertiary/aromatic N) is 3. The lowest BCUT2D eigenvalue weighted by atomic mass is 9.89. The maximum absolute atomic E-state index is 12.4. The van der Waals surface area contributed by atoms with Gasteiger partial charge in [-0.15, -0.1) is 0 Å². The zero-order valence-electron chi connectivity index (χ0n) is 16.1. The Labute approximate surface area is 171 Å². The van der Waals surface area contributed by atoms with Crippen molar-refractivity contribution in [3.63, 3.8) is 0 Å². The topological polar surface area (TPSA) is 48.5 Å². The van der Waals surface area contributed by atoms with Crippen LogP contribution in [-0.4, -0.2) is 54.1 Å². The number of amides is 1. The highest BCUT2D eigenvalue weighted by atomic mass is 35.5. The first-order valence-electron chi connectivity index (χ1n) is 10.2. The molecular weight excluding hydrogens is 372 g/mol. The number of anilines is 1. The average molecular weight is 399 g/mol. The molecule has 0 radical (unpaired) electrons. The van der Waals surface area contributed by atoms with E-state index in [-0.39, 0.29) is 11.9 Å². The smallest absolute Gasteiger partial charge is 0.251 e. The summed E-state index contributed by atoms with van der Waals surface area (Å²) in [5, 5.41) is 3.84. The molecule has 2 fully saturated rings. The van der Waals surface area contributed by atoms with Crippen molar-refractivity contribution >= 4 is 23.3 Å². The van der Waals surface area contributed by atoms with Gasteiger partial charge in [0.25, 0.3) is 5.91 Å². The fourth-order valence-electron chi connectivity index (χ4n) is 4.31. The molecule has 1 amide bonds. The van der Waals surface area contributed by atoms with Crippen molar-refractivity contribution in [2.24, 2.45) is 0 Å². The van der Waals surface area contributed by atoms with Crippen molar-refractivity contribution in [3.8, 4) is 0 Å². The van der Waals surface area contributed by atoms with Gasteiger partial charge in [-0.3, -0.25) is 9.69 Å². The third kappa shape index (κ3) is 4.65. The number of rotatable bonds is 4. The Morgan fingerprint density at radius 3 is 2.32 bits per heavy atom. The molecule has 0 unspecified atom stereocenters. The van der Waals surface area contributed by atoms with E-state index in [0.29, 0.717) is 16.6 Å². The Morgan fingerprint density at radius 2 is 1.68 bits per heavy atom. The van der Waals surface area contributed by atoms with Gasteiger partial charge in [0.15, 0.2) is 0 Å². The monoisotopic (exact) mass is 398 g/mol. The maximum atomic E-state index is 12.4. The van der Waals surface area contributed by atoms with Gasteiger partial charge in [0.1, 0.15) is 5.82 Å². The summed E-state index contributed by atoms with van der Waals surface area (Å²) in [6.07, 6.45) is 6.25. The molecule has 5 nitrogen and oxygen atoms in total. The van der Waals surface area contributed by atoms with Gasteiger partial charge in [-0.1, -0.05) is 17.7 Å². The molecule has 1 aliphatic heterocycles. The second-order valence-electron chi connectivity index (χ2n) is 7.70. The highest BCUT2D eigenvalue weighted by molar-refractivity contribution is 6.30. The summed E-state index contributed by atoms with van der Waals surface area (Å²) >= 11 is 5.90. The van der Waals surface area contributed by atoms with Gasteiger partial charge in [-0.25, -0.2) is 4.98 Å². The van der Waals surface area contributed by atoms with Crippen LogP contribution in [0, 0.1) is 0 Å². The number of benzene rings is 1. The number of carbonyl (C=O) groups excluding carboxylic acids is 1. The first kappa shape index (κ1) is 19.2. The fraction of sp³-hybridized carbons (Fsp3) is 0.455. The van der Waals surface area contributed by atoms with Crippen LogP contribution in [0.1, 0.15) is 36.0 Å². The number of halogens is 1. The van der Waals surface area contributed by atoms with Gasteiger partial charge < -0.3 is 10.2 Å². The molecule has 1 aromatic heterocycles. The van der Waals surface area contributed by atoms with Crippen LogP contribution in [0.3, 0.4) is 0 Å². The molecule has 148 valence electrons. The summed E-state index contributed by atoms with van der Waals surface area (Å²) in [5.41, 5.74) is 0.678. The Hall–Kier alpha value is -2.11. The molecule has 0 spiro atoms. The Morgan fingerprint density at radius 1 is 0.964 bits per heavy atom. The van der Waals surface area contributed by atoms with E-state index in [9.17, 15) is 4.79 Å². The molecule has 6 heteroatoms. The van der Waals surface area contributed by atoms with Gasteiger partial charge in [-0.05, 0) is 62.1 Å². The van der Waals surface area contributed by atoms with Crippen LogP contribution in [0.5, 0.6) is 0 Å². The summed E-state index contributed by atoms with van der Waals surface area (Å²) in [6.45, 7) is 4.24. The van der Waals surface area contributed by atoms with Crippen LogP contribution >= 0.6 is 11.6 Å². The van der Waals surface area contributed by atoms with Gasteiger partial charge in [0, 0.05) is 55.0 Å². The Kier molecular flexibility index (Phi) is 6.13. The minimum Gasteiger partial charge on any atom is -0.354 e. The van der Waals surface area contributed by atoms with Crippen LogP contribution in [0.2, 0.25) is 5.02 Å². The lowest BCUT2D eigenvalue weighted by Gasteiger charge is -2.42. The predicted octanol–water partition coefficient (Wildman–Crippen LogP) is 3.60. The van der Waals surface area contributed by atoms with Gasteiger partial charge in [0.05, 0.1) is 0 Å². The highest BCUT2D eigenvalue weighted by Crippen LogP contribution is 2.25. The molecule has 1 N–H and O–H groups in total. The van der Waals surface area contributed by atoms with Crippen molar-refractivity contribution < 1.29 is 4.79 Å². The lowest BCUT2D eigenvalue weighted by molar-refractivity contribution is 0.0899. The summed E-state index contributed by atoms with van der Waals surface area (Å²) in [5.74, 6) is 1.08. The van der Waals surface area contributed by atoms with Crippen molar-refractivity contribution in [1.82, 2.24) is 15.2 Å². The molecule has 1 saturated carbocycles. The van der Waals surface area contributed by atoms with Gasteiger partial charge in [-0.2, -0.15) is 0 Å². The van der Waals surface area contributed by atoms with Crippen molar-refractivity contribution in [3.05, 3.63) is 59.2 Å². The minimum absolute atomic E-state index is 0.00379.